The van der Waals surface area contributed by atoms with E-state index in [1.807, 2.05) is 41.3 Å². The Labute approximate surface area is 152 Å². The zero-order chi connectivity index (χ0) is 17.4. The number of rotatable bonds is 3. The summed E-state index contributed by atoms with van der Waals surface area (Å²) >= 11 is 6.23. The molecule has 0 spiro atoms. The zero-order valence-electron chi connectivity index (χ0n) is 14.2. The molecule has 1 fully saturated rings. The molecular formula is C20H21ClN2O2. The summed E-state index contributed by atoms with van der Waals surface area (Å²) in [6.07, 6.45) is 2.99. The first-order chi connectivity index (χ1) is 12.2. The van der Waals surface area contributed by atoms with Crippen molar-refractivity contribution in [2.45, 2.75) is 31.3 Å². The summed E-state index contributed by atoms with van der Waals surface area (Å²) in [5, 5.41) is 3.80. The Balaban J connectivity index is 1.77. The van der Waals surface area contributed by atoms with Crippen LogP contribution in [0.15, 0.2) is 42.5 Å². The van der Waals surface area contributed by atoms with E-state index in [0.29, 0.717) is 17.6 Å². The summed E-state index contributed by atoms with van der Waals surface area (Å²) in [6.45, 7) is 0.690. The maximum Gasteiger partial charge on any atom is 0.318 e. The Morgan fingerprint density at radius 2 is 2.08 bits per heavy atom. The van der Waals surface area contributed by atoms with E-state index in [1.54, 1.807) is 7.11 Å². The van der Waals surface area contributed by atoms with E-state index in [9.17, 15) is 4.79 Å². The Bertz CT molecular complexity index is 804. The van der Waals surface area contributed by atoms with Crippen molar-refractivity contribution in [2.75, 3.05) is 13.7 Å². The van der Waals surface area contributed by atoms with Crippen molar-refractivity contribution in [3.05, 3.63) is 64.2 Å². The highest BCUT2D eigenvalue weighted by molar-refractivity contribution is 6.30. The molecule has 1 aliphatic carbocycles. The number of methoxy groups -OCH3 is 1. The van der Waals surface area contributed by atoms with Gasteiger partial charge in [0.05, 0.1) is 13.2 Å². The third-order valence-corrected chi connectivity index (χ3v) is 5.15. The topological polar surface area (TPSA) is 41.6 Å². The van der Waals surface area contributed by atoms with E-state index in [0.717, 1.165) is 36.1 Å². The van der Waals surface area contributed by atoms with Gasteiger partial charge in [-0.05, 0) is 60.2 Å². The van der Waals surface area contributed by atoms with Crippen molar-refractivity contribution in [3.63, 3.8) is 0 Å². The number of nitrogens with zero attached hydrogens (tertiary/aromatic N) is 1. The van der Waals surface area contributed by atoms with Crippen LogP contribution in [0.4, 0.5) is 4.79 Å². The van der Waals surface area contributed by atoms with Crippen LogP contribution in [0.2, 0.25) is 5.02 Å². The lowest BCUT2D eigenvalue weighted by Gasteiger charge is -2.38. The van der Waals surface area contributed by atoms with E-state index in [1.165, 1.54) is 5.56 Å². The van der Waals surface area contributed by atoms with Crippen molar-refractivity contribution in [1.82, 2.24) is 10.2 Å². The van der Waals surface area contributed by atoms with Gasteiger partial charge in [0.2, 0.25) is 0 Å². The van der Waals surface area contributed by atoms with Crippen LogP contribution >= 0.6 is 11.6 Å². The van der Waals surface area contributed by atoms with E-state index in [4.69, 9.17) is 16.3 Å². The van der Waals surface area contributed by atoms with Crippen molar-refractivity contribution in [3.8, 4) is 5.75 Å². The molecule has 1 unspecified atom stereocenters. The summed E-state index contributed by atoms with van der Waals surface area (Å²) in [5.41, 5.74) is 3.38. The van der Waals surface area contributed by atoms with E-state index in [2.05, 4.69) is 11.4 Å². The summed E-state index contributed by atoms with van der Waals surface area (Å²) < 4.78 is 5.41. The third-order valence-electron chi connectivity index (χ3n) is 4.91. The fourth-order valence-electron chi connectivity index (χ4n) is 3.46. The van der Waals surface area contributed by atoms with Gasteiger partial charge in [-0.2, -0.15) is 0 Å². The molecule has 4 rings (SSSR count). The van der Waals surface area contributed by atoms with E-state index < -0.39 is 0 Å². The summed E-state index contributed by atoms with van der Waals surface area (Å²) in [6, 6.07) is 14.1. The Hall–Kier alpha value is -2.20. The van der Waals surface area contributed by atoms with Crippen molar-refractivity contribution < 1.29 is 9.53 Å². The van der Waals surface area contributed by atoms with Crippen molar-refractivity contribution in [1.29, 1.82) is 0 Å². The highest BCUT2D eigenvalue weighted by Crippen LogP contribution is 2.38. The van der Waals surface area contributed by atoms with Crippen LogP contribution in [-0.2, 0) is 6.42 Å². The fourth-order valence-corrected chi connectivity index (χ4v) is 3.66. The molecule has 2 aromatic carbocycles. The molecule has 1 aliphatic heterocycles. The number of ether oxygens (including phenoxy) is 1. The van der Waals surface area contributed by atoms with Gasteiger partial charge in [-0.1, -0.05) is 29.8 Å². The maximum atomic E-state index is 12.8. The number of carbonyl (C=O) groups is 1. The molecule has 2 aliphatic rings. The Morgan fingerprint density at radius 3 is 2.80 bits per heavy atom. The molecule has 1 saturated carbocycles. The number of fused-ring (bicyclic) bond motifs is 1. The zero-order valence-corrected chi connectivity index (χ0v) is 14.9. The molecular weight excluding hydrogens is 336 g/mol. The largest absolute Gasteiger partial charge is 0.497 e. The van der Waals surface area contributed by atoms with Gasteiger partial charge in [0.25, 0.3) is 0 Å². The molecule has 2 aromatic rings. The summed E-state index contributed by atoms with van der Waals surface area (Å²) in [4.78, 5) is 14.8. The number of halogens is 1. The van der Waals surface area contributed by atoms with Crippen LogP contribution in [0.5, 0.6) is 5.75 Å². The molecule has 1 atom stereocenters. The second kappa shape index (κ2) is 6.60. The fraction of sp³-hybridized carbons (Fsp3) is 0.350. The molecule has 5 heteroatoms. The third kappa shape index (κ3) is 3.31. The number of nitrogens with one attached hydrogen (secondary N) is 1. The molecule has 1 heterocycles. The van der Waals surface area contributed by atoms with Gasteiger partial charge in [-0.25, -0.2) is 4.79 Å². The van der Waals surface area contributed by atoms with Crippen molar-refractivity contribution >= 4 is 17.6 Å². The highest BCUT2D eigenvalue weighted by atomic mass is 35.5. The molecule has 4 nitrogen and oxygen atoms in total. The number of urea groups is 1. The van der Waals surface area contributed by atoms with Crippen LogP contribution < -0.4 is 10.1 Å². The van der Waals surface area contributed by atoms with Gasteiger partial charge < -0.3 is 15.0 Å². The van der Waals surface area contributed by atoms with Gasteiger partial charge in [-0.15, -0.1) is 0 Å². The number of benzene rings is 2. The molecule has 0 saturated heterocycles. The van der Waals surface area contributed by atoms with Crippen LogP contribution in [0, 0.1) is 0 Å². The van der Waals surface area contributed by atoms with Gasteiger partial charge in [0, 0.05) is 17.6 Å². The average molecular weight is 357 g/mol. The lowest BCUT2D eigenvalue weighted by atomic mass is 9.88. The van der Waals surface area contributed by atoms with Gasteiger partial charge >= 0.3 is 6.03 Å². The van der Waals surface area contributed by atoms with Crippen LogP contribution in [0.3, 0.4) is 0 Å². The molecule has 0 radical (unpaired) electrons. The number of hydrogen-bond donors (Lipinski definition) is 1. The van der Waals surface area contributed by atoms with Crippen molar-refractivity contribution in [2.24, 2.45) is 0 Å². The SMILES string of the molecule is COc1ccc2c(c1)C(c1cccc(Cl)c1)N(C(=O)NC1CC1)CC2. The minimum Gasteiger partial charge on any atom is -0.497 e. The maximum absolute atomic E-state index is 12.8. The monoisotopic (exact) mass is 356 g/mol. The molecule has 130 valence electrons. The second-order valence-corrected chi connectivity index (χ2v) is 7.13. The van der Waals surface area contributed by atoms with E-state index in [-0.39, 0.29) is 12.1 Å². The lowest BCUT2D eigenvalue weighted by Crippen LogP contribution is -2.46. The van der Waals surface area contributed by atoms with Crippen LogP contribution in [-0.4, -0.2) is 30.6 Å². The standard InChI is InChI=1S/C20H21ClN2O2/c1-25-17-8-5-13-9-10-23(20(24)22-16-6-7-16)19(18(13)12-17)14-3-2-4-15(21)11-14/h2-5,8,11-12,16,19H,6-7,9-10H2,1H3,(H,22,24). The minimum atomic E-state index is -0.156. The van der Waals surface area contributed by atoms with Crippen LogP contribution in [0.1, 0.15) is 35.6 Å². The number of carbonyl (C=O) groups excluding carboxylic acids is 1. The summed E-state index contributed by atoms with van der Waals surface area (Å²) in [7, 11) is 1.66. The first kappa shape index (κ1) is 16.3. The smallest absolute Gasteiger partial charge is 0.318 e. The molecule has 2 amide bonds. The quantitative estimate of drug-likeness (QED) is 0.896. The minimum absolute atomic E-state index is 0.000875. The molecule has 0 bridgehead atoms. The Kier molecular flexibility index (Phi) is 4.30. The Morgan fingerprint density at radius 1 is 1.24 bits per heavy atom. The lowest BCUT2D eigenvalue weighted by molar-refractivity contribution is 0.179. The summed E-state index contributed by atoms with van der Waals surface area (Å²) in [5.74, 6) is 0.801. The first-order valence-corrected chi connectivity index (χ1v) is 9.03. The van der Waals surface area contributed by atoms with Gasteiger partial charge in [0.15, 0.2) is 0 Å². The predicted octanol–water partition coefficient (Wildman–Crippen LogP) is 4.17. The van der Waals surface area contributed by atoms with Gasteiger partial charge in [0.1, 0.15) is 5.75 Å². The van der Waals surface area contributed by atoms with Gasteiger partial charge in [-0.3, -0.25) is 0 Å². The van der Waals surface area contributed by atoms with Crippen LogP contribution in [0.25, 0.3) is 0 Å². The molecule has 0 aromatic heterocycles. The average Bonchev–Trinajstić information content (AvgIpc) is 3.44. The molecule has 1 N–H and O–H groups in total. The normalized spacial score (nSPS) is 19.3. The number of amides is 2. The highest BCUT2D eigenvalue weighted by Gasteiger charge is 2.34. The molecule has 25 heavy (non-hydrogen) atoms. The predicted molar refractivity (Wildman–Crippen MR) is 98.3 cm³/mol. The van der Waals surface area contributed by atoms with E-state index >= 15 is 0 Å². The number of hydrogen-bond acceptors (Lipinski definition) is 2. The second-order valence-electron chi connectivity index (χ2n) is 6.69. The first-order valence-electron chi connectivity index (χ1n) is 8.65.